The summed E-state index contributed by atoms with van der Waals surface area (Å²) in [6.07, 6.45) is -0.444. The molecule has 0 radical (unpaired) electrons. The van der Waals surface area contributed by atoms with Gasteiger partial charge in [0.1, 0.15) is 0 Å². The normalized spacial score (nSPS) is 10.2. The smallest absolute Gasteiger partial charge is 0.413 e. The first-order valence-electron chi connectivity index (χ1n) is 9.29. The molecule has 2 aromatic rings. The average molecular weight is 398 g/mol. The fourth-order valence-electron chi connectivity index (χ4n) is 2.43. The number of nitrogens with one attached hydrogen (secondary N) is 3. The van der Waals surface area contributed by atoms with Crippen molar-refractivity contribution in [3.8, 4) is 0 Å². The first kappa shape index (κ1) is 21.7. The van der Waals surface area contributed by atoms with Crippen LogP contribution in [0.25, 0.3) is 0 Å². The number of urea groups is 1. The second-order valence-electron chi connectivity index (χ2n) is 6.59. The van der Waals surface area contributed by atoms with Gasteiger partial charge >= 0.3 is 12.1 Å². The highest BCUT2D eigenvalue weighted by atomic mass is 16.6. The minimum absolute atomic E-state index is 0.0310. The van der Waals surface area contributed by atoms with Gasteiger partial charge in [0.25, 0.3) is 5.91 Å². The zero-order valence-corrected chi connectivity index (χ0v) is 17.0. The van der Waals surface area contributed by atoms with Gasteiger partial charge in [-0.05, 0) is 69.3 Å². The number of anilines is 3. The lowest BCUT2D eigenvalue weighted by Gasteiger charge is -2.17. The molecule has 8 nitrogen and oxygen atoms in total. The van der Waals surface area contributed by atoms with E-state index in [2.05, 4.69) is 16.0 Å². The fourth-order valence-corrected chi connectivity index (χ4v) is 2.43. The molecule has 8 heteroatoms. The number of hydrogen-bond donors (Lipinski definition) is 3. The summed E-state index contributed by atoms with van der Waals surface area (Å²) >= 11 is 0. The van der Waals surface area contributed by atoms with E-state index in [0.29, 0.717) is 29.2 Å². The van der Waals surface area contributed by atoms with E-state index in [1.165, 1.54) is 4.90 Å². The van der Waals surface area contributed by atoms with Gasteiger partial charge in [0.05, 0.1) is 6.61 Å². The molecule has 29 heavy (non-hydrogen) atoms. The Hall–Kier alpha value is -3.55. The fraction of sp³-hybridized carbons (Fsp3) is 0.286. The minimum atomic E-state index is -0.444. The van der Waals surface area contributed by atoms with E-state index in [9.17, 15) is 14.4 Å². The summed E-state index contributed by atoms with van der Waals surface area (Å²) in [5.74, 6) is -0.283. The Labute approximate surface area is 170 Å². The number of rotatable bonds is 6. The Morgan fingerprint density at radius 3 is 2.03 bits per heavy atom. The van der Waals surface area contributed by atoms with Crippen LogP contribution in [-0.4, -0.2) is 37.7 Å². The molecule has 0 atom stereocenters. The molecule has 0 fully saturated rings. The number of nitrogens with zero attached hydrogens (tertiary/aromatic N) is 1. The molecule has 154 valence electrons. The van der Waals surface area contributed by atoms with Crippen molar-refractivity contribution in [1.29, 1.82) is 0 Å². The molecular weight excluding hydrogens is 372 g/mol. The van der Waals surface area contributed by atoms with Crippen LogP contribution in [0, 0.1) is 0 Å². The van der Waals surface area contributed by atoms with Crippen molar-refractivity contribution < 1.29 is 19.1 Å². The number of benzene rings is 2. The van der Waals surface area contributed by atoms with Crippen molar-refractivity contribution in [2.45, 2.75) is 26.8 Å². The maximum absolute atomic E-state index is 12.4. The number of hydrogen-bond acceptors (Lipinski definition) is 4. The maximum Gasteiger partial charge on any atom is 0.413 e. The highest BCUT2D eigenvalue weighted by molar-refractivity contribution is 6.04. The second kappa shape index (κ2) is 10.1. The van der Waals surface area contributed by atoms with Crippen LogP contribution in [0.3, 0.4) is 0 Å². The van der Waals surface area contributed by atoms with Crippen molar-refractivity contribution in [2.24, 2.45) is 0 Å². The first-order chi connectivity index (χ1) is 13.8. The van der Waals surface area contributed by atoms with Gasteiger partial charge in [0, 0.05) is 35.7 Å². The largest absolute Gasteiger partial charge is 0.449 e. The molecule has 0 saturated heterocycles. The molecule has 0 heterocycles. The van der Waals surface area contributed by atoms with Crippen LogP contribution in [0.15, 0.2) is 48.5 Å². The summed E-state index contributed by atoms with van der Waals surface area (Å²) in [6, 6.07) is 13.1. The molecular formula is C21H26N4O4. The van der Waals surface area contributed by atoms with Crippen LogP contribution in [-0.2, 0) is 4.74 Å². The molecule has 2 rings (SSSR count). The quantitative estimate of drug-likeness (QED) is 0.683. The van der Waals surface area contributed by atoms with Gasteiger partial charge in [-0.1, -0.05) is 0 Å². The molecule has 0 saturated carbocycles. The molecule has 0 aliphatic rings. The minimum Gasteiger partial charge on any atom is -0.449 e. The molecule has 0 bridgehead atoms. The van der Waals surface area contributed by atoms with E-state index >= 15 is 0 Å². The summed E-state index contributed by atoms with van der Waals surface area (Å²) < 4.78 is 4.95. The van der Waals surface area contributed by atoms with Crippen molar-refractivity contribution in [3.63, 3.8) is 0 Å². The van der Waals surface area contributed by atoms with E-state index in [1.54, 1.807) is 62.5 Å². The SMILES string of the molecule is CCOC(=O)N(C)c1ccc(NC(=O)c2ccc(NC(=O)NC(C)C)cc2)cc1. The lowest BCUT2D eigenvalue weighted by Crippen LogP contribution is -2.34. The third kappa shape index (κ3) is 6.53. The predicted octanol–water partition coefficient (Wildman–Crippen LogP) is 4.06. The summed E-state index contributed by atoms with van der Waals surface area (Å²) in [7, 11) is 1.61. The van der Waals surface area contributed by atoms with Gasteiger partial charge in [0.15, 0.2) is 0 Å². The van der Waals surface area contributed by atoms with Crippen molar-refractivity contribution in [3.05, 3.63) is 54.1 Å². The Morgan fingerprint density at radius 2 is 1.48 bits per heavy atom. The highest BCUT2D eigenvalue weighted by Gasteiger charge is 2.12. The average Bonchev–Trinajstić information content (AvgIpc) is 2.68. The van der Waals surface area contributed by atoms with E-state index < -0.39 is 6.09 Å². The molecule has 0 aliphatic carbocycles. The zero-order chi connectivity index (χ0) is 21.4. The van der Waals surface area contributed by atoms with Gasteiger partial charge in [-0.25, -0.2) is 9.59 Å². The van der Waals surface area contributed by atoms with Gasteiger partial charge in [-0.2, -0.15) is 0 Å². The van der Waals surface area contributed by atoms with Gasteiger partial charge in [0.2, 0.25) is 0 Å². The van der Waals surface area contributed by atoms with Gasteiger partial charge in [-0.3, -0.25) is 9.69 Å². The Bertz CT molecular complexity index is 848. The number of amides is 4. The molecule has 0 aliphatic heterocycles. The zero-order valence-electron chi connectivity index (χ0n) is 17.0. The topological polar surface area (TPSA) is 99.8 Å². The lowest BCUT2D eigenvalue weighted by molar-refractivity contribution is 0.102. The Balaban J connectivity index is 1.96. The van der Waals surface area contributed by atoms with Crippen LogP contribution < -0.4 is 20.9 Å². The van der Waals surface area contributed by atoms with Crippen molar-refractivity contribution >= 4 is 35.1 Å². The Morgan fingerprint density at radius 1 is 0.931 bits per heavy atom. The Kier molecular flexibility index (Phi) is 7.59. The van der Waals surface area contributed by atoms with Gasteiger partial charge < -0.3 is 20.7 Å². The maximum atomic E-state index is 12.4. The third-order valence-electron chi connectivity index (χ3n) is 3.88. The number of ether oxygens (including phenoxy) is 1. The monoisotopic (exact) mass is 398 g/mol. The second-order valence-corrected chi connectivity index (χ2v) is 6.59. The van der Waals surface area contributed by atoms with Crippen LogP contribution in [0.1, 0.15) is 31.1 Å². The summed E-state index contributed by atoms with van der Waals surface area (Å²) in [5.41, 5.74) is 2.28. The first-order valence-corrected chi connectivity index (χ1v) is 9.29. The number of carbonyl (C=O) groups is 3. The molecule has 3 N–H and O–H groups in total. The van der Waals surface area contributed by atoms with E-state index in [0.717, 1.165) is 0 Å². The van der Waals surface area contributed by atoms with E-state index in [-0.39, 0.29) is 18.0 Å². The van der Waals surface area contributed by atoms with Crippen LogP contribution in [0.4, 0.5) is 26.7 Å². The summed E-state index contributed by atoms with van der Waals surface area (Å²) in [6.45, 7) is 5.78. The lowest BCUT2D eigenvalue weighted by atomic mass is 10.2. The van der Waals surface area contributed by atoms with E-state index in [4.69, 9.17) is 4.74 Å². The molecule has 0 unspecified atom stereocenters. The van der Waals surface area contributed by atoms with Crippen molar-refractivity contribution in [1.82, 2.24) is 5.32 Å². The molecule has 0 spiro atoms. The number of carbonyl (C=O) groups excluding carboxylic acids is 3. The van der Waals surface area contributed by atoms with Crippen LogP contribution in [0.5, 0.6) is 0 Å². The molecule has 4 amide bonds. The van der Waals surface area contributed by atoms with Crippen molar-refractivity contribution in [2.75, 3.05) is 29.2 Å². The standard InChI is InChI=1S/C21H26N4O4/c1-5-29-21(28)25(4)18-12-10-16(11-13-18)23-19(26)15-6-8-17(9-7-15)24-20(27)22-14(2)3/h6-14H,5H2,1-4H3,(H,23,26)(H2,22,24,27). The summed E-state index contributed by atoms with van der Waals surface area (Å²) in [5, 5.41) is 8.22. The predicted molar refractivity (Wildman–Crippen MR) is 114 cm³/mol. The van der Waals surface area contributed by atoms with Crippen LogP contribution in [0.2, 0.25) is 0 Å². The van der Waals surface area contributed by atoms with E-state index in [1.807, 2.05) is 13.8 Å². The molecule has 2 aromatic carbocycles. The molecule has 0 aromatic heterocycles. The summed E-state index contributed by atoms with van der Waals surface area (Å²) in [4.78, 5) is 37.2. The highest BCUT2D eigenvalue weighted by Crippen LogP contribution is 2.19. The third-order valence-corrected chi connectivity index (χ3v) is 3.88. The van der Waals surface area contributed by atoms with Gasteiger partial charge in [-0.15, -0.1) is 0 Å². The van der Waals surface area contributed by atoms with Crippen LogP contribution >= 0.6 is 0 Å².